The van der Waals surface area contributed by atoms with Gasteiger partial charge in [-0.15, -0.1) is 0 Å². The van der Waals surface area contributed by atoms with Crippen LogP contribution in [0.4, 0.5) is 5.69 Å². The Morgan fingerprint density at radius 1 is 1.12 bits per heavy atom. The van der Waals surface area contributed by atoms with Gasteiger partial charge in [-0.05, 0) is 17.7 Å². The molecule has 0 atom stereocenters. The maximum atomic E-state index is 12.5. The first kappa shape index (κ1) is 16.5. The highest BCUT2D eigenvalue weighted by atomic mass is 16.2. The van der Waals surface area contributed by atoms with Gasteiger partial charge in [-0.2, -0.15) is 5.10 Å². The molecule has 0 radical (unpaired) electrons. The van der Waals surface area contributed by atoms with Crippen LogP contribution in [-0.4, -0.2) is 39.4 Å². The highest BCUT2D eigenvalue weighted by molar-refractivity contribution is 6.04. The maximum absolute atomic E-state index is 12.5. The Hall–Kier alpha value is -3.00. The maximum Gasteiger partial charge on any atom is 0.276 e. The van der Waals surface area contributed by atoms with Gasteiger partial charge in [0.2, 0.25) is 11.8 Å². The average molecular weight is 353 g/mol. The number of H-pyrrole nitrogens is 1. The normalized spacial score (nSPS) is 16.7. The molecule has 1 fully saturated rings. The summed E-state index contributed by atoms with van der Waals surface area (Å²) >= 11 is 0. The molecule has 2 aliphatic rings. The zero-order valence-electron chi connectivity index (χ0n) is 14.2. The smallest absolute Gasteiger partial charge is 0.276 e. The first-order chi connectivity index (χ1) is 12.6. The Balaban J connectivity index is 1.43. The van der Waals surface area contributed by atoms with Crippen molar-refractivity contribution in [2.75, 3.05) is 11.9 Å². The van der Waals surface area contributed by atoms with Gasteiger partial charge in [0, 0.05) is 49.3 Å². The van der Waals surface area contributed by atoms with E-state index in [1.54, 1.807) is 24.3 Å². The van der Waals surface area contributed by atoms with Crippen molar-refractivity contribution in [2.24, 2.45) is 0 Å². The molecule has 8 heteroatoms. The molecule has 3 N–H and O–H groups in total. The number of likely N-dealkylation sites (tertiary alicyclic amines) is 1. The van der Waals surface area contributed by atoms with Crippen LogP contribution in [0.1, 0.15) is 40.2 Å². The molecule has 3 amide bonds. The zero-order valence-corrected chi connectivity index (χ0v) is 14.2. The monoisotopic (exact) mass is 353 g/mol. The predicted octanol–water partition coefficient (Wildman–Crippen LogP) is 0.957. The molecule has 8 nitrogen and oxygen atoms in total. The fourth-order valence-electron chi connectivity index (χ4n) is 3.28. The quantitative estimate of drug-likeness (QED) is 0.710. The number of anilines is 1. The lowest BCUT2D eigenvalue weighted by atomic mass is 10.1. The number of aromatic nitrogens is 2. The van der Waals surface area contributed by atoms with Crippen molar-refractivity contribution in [3.63, 3.8) is 0 Å². The standard InChI is InChI=1S/C18H19N5O3/c24-15-5-6-16(25)23(15)10-11-1-3-12(4-2-11)20-18(26)17-13-9-19-8-7-14(13)21-22-17/h1-4,19H,5-10H2,(H,20,26)(H,21,22). The number of nitrogens with zero attached hydrogens (tertiary/aromatic N) is 2. The van der Waals surface area contributed by atoms with Crippen LogP contribution < -0.4 is 10.6 Å². The van der Waals surface area contributed by atoms with E-state index in [0.717, 1.165) is 29.8 Å². The number of hydrogen-bond donors (Lipinski definition) is 3. The zero-order chi connectivity index (χ0) is 18.1. The van der Waals surface area contributed by atoms with Crippen molar-refractivity contribution in [2.45, 2.75) is 32.4 Å². The van der Waals surface area contributed by atoms with Gasteiger partial charge < -0.3 is 10.6 Å². The van der Waals surface area contributed by atoms with E-state index in [9.17, 15) is 14.4 Å². The van der Waals surface area contributed by atoms with E-state index in [-0.39, 0.29) is 37.1 Å². The minimum absolute atomic E-state index is 0.135. The Bertz CT molecular complexity index is 855. The summed E-state index contributed by atoms with van der Waals surface area (Å²) < 4.78 is 0. The second kappa shape index (κ2) is 6.72. The molecule has 4 rings (SSSR count). The third-order valence-electron chi connectivity index (χ3n) is 4.73. The van der Waals surface area contributed by atoms with E-state index in [1.165, 1.54) is 4.90 Å². The number of nitrogens with one attached hydrogen (secondary N) is 3. The van der Waals surface area contributed by atoms with Crippen molar-refractivity contribution in [3.05, 3.63) is 46.8 Å². The number of hydrogen-bond acceptors (Lipinski definition) is 5. The highest BCUT2D eigenvalue weighted by Gasteiger charge is 2.28. The first-order valence-electron chi connectivity index (χ1n) is 8.62. The van der Waals surface area contributed by atoms with Crippen LogP contribution in [-0.2, 0) is 29.1 Å². The summed E-state index contributed by atoms with van der Waals surface area (Å²) in [5.41, 5.74) is 3.80. The van der Waals surface area contributed by atoms with E-state index in [0.29, 0.717) is 17.9 Å². The molecular weight excluding hydrogens is 334 g/mol. The van der Waals surface area contributed by atoms with Crippen LogP contribution in [0.15, 0.2) is 24.3 Å². The molecule has 0 bridgehead atoms. The van der Waals surface area contributed by atoms with Crippen molar-refractivity contribution in [1.82, 2.24) is 20.4 Å². The Morgan fingerprint density at radius 3 is 2.58 bits per heavy atom. The predicted molar refractivity (Wildman–Crippen MR) is 93.2 cm³/mol. The molecule has 1 aromatic carbocycles. The lowest BCUT2D eigenvalue weighted by Gasteiger charge is -2.14. The lowest BCUT2D eigenvalue weighted by Crippen LogP contribution is -2.28. The average Bonchev–Trinajstić information content (AvgIpc) is 3.22. The summed E-state index contributed by atoms with van der Waals surface area (Å²) in [6.45, 7) is 1.77. The van der Waals surface area contributed by atoms with Crippen molar-refractivity contribution >= 4 is 23.4 Å². The van der Waals surface area contributed by atoms with Gasteiger partial charge in [0.15, 0.2) is 5.69 Å². The Kier molecular flexibility index (Phi) is 4.26. The molecule has 26 heavy (non-hydrogen) atoms. The molecule has 0 saturated carbocycles. The summed E-state index contributed by atoms with van der Waals surface area (Å²) in [7, 11) is 0. The number of imide groups is 1. The number of fused-ring (bicyclic) bond motifs is 1. The largest absolute Gasteiger partial charge is 0.321 e. The summed E-state index contributed by atoms with van der Waals surface area (Å²) in [6, 6.07) is 7.12. The van der Waals surface area contributed by atoms with E-state index in [1.807, 2.05) is 0 Å². The number of aromatic amines is 1. The van der Waals surface area contributed by atoms with E-state index in [4.69, 9.17) is 0 Å². The van der Waals surface area contributed by atoms with E-state index < -0.39 is 0 Å². The van der Waals surface area contributed by atoms with Crippen LogP contribution in [0, 0.1) is 0 Å². The van der Waals surface area contributed by atoms with Gasteiger partial charge in [0.25, 0.3) is 5.91 Å². The fraction of sp³-hybridized carbons (Fsp3) is 0.333. The molecule has 0 aliphatic carbocycles. The third kappa shape index (κ3) is 3.11. The second-order valence-corrected chi connectivity index (χ2v) is 6.48. The van der Waals surface area contributed by atoms with Gasteiger partial charge in [-0.1, -0.05) is 12.1 Å². The minimum atomic E-state index is -0.260. The summed E-state index contributed by atoms with van der Waals surface area (Å²) in [5.74, 6) is -0.530. The fourth-order valence-corrected chi connectivity index (χ4v) is 3.28. The van der Waals surface area contributed by atoms with Crippen molar-refractivity contribution in [3.8, 4) is 0 Å². The molecule has 0 spiro atoms. The molecule has 1 saturated heterocycles. The highest BCUT2D eigenvalue weighted by Crippen LogP contribution is 2.19. The van der Waals surface area contributed by atoms with Crippen LogP contribution in [0.3, 0.4) is 0 Å². The summed E-state index contributed by atoms with van der Waals surface area (Å²) in [5, 5.41) is 13.1. The number of carbonyl (C=O) groups is 3. The van der Waals surface area contributed by atoms with Crippen LogP contribution in [0.25, 0.3) is 0 Å². The molecule has 134 valence electrons. The molecule has 1 aromatic heterocycles. The van der Waals surface area contributed by atoms with Crippen molar-refractivity contribution in [1.29, 1.82) is 0 Å². The van der Waals surface area contributed by atoms with E-state index >= 15 is 0 Å². The Labute approximate surface area is 150 Å². The second-order valence-electron chi connectivity index (χ2n) is 6.48. The summed E-state index contributed by atoms with van der Waals surface area (Å²) in [6.07, 6.45) is 1.41. The summed E-state index contributed by atoms with van der Waals surface area (Å²) in [4.78, 5) is 37.1. The van der Waals surface area contributed by atoms with Crippen LogP contribution >= 0.6 is 0 Å². The van der Waals surface area contributed by atoms with Gasteiger partial charge in [0.1, 0.15) is 0 Å². The topological polar surface area (TPSA) is 107 Å². The number of amides is 3. The molecule has 0 unspecified atom stereocenters. The van der Waals surface area contributed by atoms with Gasteiger partial charge >= 0.3 is 0 Å². The van der Waals surface area contributed by atoms with Crippen LogP contribution in [0.5, 0.6) is 0 Å². The number of benzene rings is 1. The first-order valence-corrected chi connectivity index (χ1v) is 8.62. The number of rotatable bonds is 4. The molecule has 2 aromatic rings. The van der Waals surface area contributed by atoms with Gasteiger partial charge in [-0.3, -0.25) is 24.4 Å². The minimum Gasteiger partial charge on any atom is -0.321 e. The SMILES string of the molecule is O=C(Nc1ccc(CN2C(=O)CCC2=O)cc1)c1n[nH]c2c1CNCC2. The van der Waals surface area contributed by atoms with Gasteiger partial charge in [-0.25, -0.2) is 0 Å². The molecule has 2 aliphatic heterocycles. The lowest BCUT2D eigenvalue weighted by molar-refractivity contribution is -0.139. The van der Waals surface area contributed by atoms with E-state index in [2.05, 4.69) is 20.8 Å². The Morgan fingerprint density at radius 2 is 1.85 bits per heavy atom. The molecular formula is C18H19N5O3. The van der Waals surface area contributed by atoms with Crippen LogP contribution in [0.2, 0.25) is 0 Å². The number of carbonyl (C=O) groups excluding carboxylic acids is 3. The molecule has 3 heterocycles. The van der Waals surface area contributed by atoms with Gasteiger partial charge in [0.05, 0.1) is 6.54 Å². The van der Waals surface area contributed by atoms with Crippen molar-refractivity contribution < 1.29 is 14.4 Å². The third-order valence-corrected chi connectivity index (χ3v) is 4.73.